The van der Waals surface area contributed by atoms with E-state index in [1.807, 2.05) is 20.9 Å². The molecule has 1 aliphatic rings. The molecule has 1 rings (SSSR count). The Bertz CT molecular complexity index is 274. The zero-order valence-electron chi connectivity index (χ0n) is 11.9. The topological polar surface area (TPSA) is 29.1 Å². The van der Waals surface area contributed by atoms with E-state index in [-0.39, 0.29) is 5.41 Å². The number of ketones is 1. The summed E-state index contributed by atoms with van der Waals surface area (Å²) < 4.78 is 0. The van der Waals surface area contributed by atoms with Crippen LogP contribution in [0.15, 0.2) is 11.3 Å². The second kappa shape index (κ2) is 6.07. The molecule has 1 aliphatic carbocycles. The predicted molar refractivity (Wildman–Crippen MR) is 70.3 cm³/mol. The van der Waals surface area contributed by atoms with Gasteiger partial charge in [0.05, 0.1) is 0 Å². The lowest BCUT2D eigenvalue weighted by atomic mass is 9.73. The molecule has 94 valence electrons. The molecule has 0 fully saturated rings. The van der Waals surface area contributed by atoms with Gasteiger partial charge in [0.1, 0.15) is 0 Å². The summed E-state index contributed by atoms with van der Waals surface area (Å²) in [5.41, 5.74) is 2.27. The molecule has 0 bridgehead atoms. The fourth-order valence-electron chi connectivity index (χ4n) is 2.23. The Morgan fingerprint density at radius 1 is 1.19 bits per heavy atom. The van der Waals surface area contributed by atoms with Gasteiger partial charge in [-0.3, -0.25) is 4.79 Å². The van der Waals surface area contributed by atoms with Gasteiger partial charge in [0, 0.05) is 24.7 Å². The Kier molecular flexibility index (Phi) is 5.77. The first-order chi connectivity index (χ1) is 7.37. The highest BCUT2D eigenvalue weighted by atomic mass is 16.1. The van der Waals surface area contributed by atoms with Crippen molar-refractivity contribution in [1.82, 2.24) is 5.32 Å². The maximum absolute atomic E-state index is 11.9. The highest BCUT2D eigenvalue weighted by Gasteiger charge is 2.33. The van der Waals surface area contributed by atoms with Crippen molar-refractivity contribution in [3.63, 3.8) is 0 Å². The monoisotopic (exact) mass is 225 g/mol. The van der Waals surface area contributed by atoms with Crippen LogP contribution in [0.1, 0.15) is 54.4 Å². The van der Waals surface area contributed by atoms with E-state index in [1.54, 1.807) is 0 Å². The van der Waals surface area contributed by atoms with E-state index < -0.39 is 0 Å². The van der Waals surface area contributed by atoms with Crippen LogP contribution in [0.2, 0.25) is 0 Å². The third-order valence-corrected chi connectivity index (χ3v) is 2.80. The number of hydrogen-bond donors (Lipinski definition) is 1. The molecule has 2 nitrogen and oxygen atoms in total. The summed E-state index contributed by atoms with van der Waals surface area (Å²) >= 11 is 0. The van der Waals surface area contributed by atoms with Gasteiger partial charge in [0.2, 0.25) is 0 Å². The van der Waals surface area contributed by atoms with Crippen molar-refractivity contribution < 1.29 is 4.79 Å². The summed E-state index contributed by atoms with van der Waals surface area (Å²) in [5, 5.41) is 3.18. The fourth-order valence-corrected chi connectivity index (χ4v) is 2.23. The second-order valence-corrected chi connectivity index (χ2v) is 5.24. The van der Waals surface area contributed by atoms with Crippen molar-refractivity contribution in [3.8, 4) is 0 Å². The lowest BCUT2D eigenvalue weighted by molar-refractivity contribution is -0.118. The highest BCUT2D eigenvalue weighted by Crippen LogP contribution is 2.37. The molecule has 0 radical (unpaired) electrons. The molecule has 2 heteroatoms. The first-order valence-electron chi connectivity index (χ1n) is 6.31. The second-order valence-electron chi connectivity index (χ2n) is 5.24. The van der Waals surface area contributed by atoms with Crippen molar-refractivity contribution in [2.75, 3.05) is 7.05 Å². The van der Waals surface area contributed by atoms with Crippen molar-refractivity contribution in [3.05, 3.63) is 11.3 Å². The molecule has 0 aromatic rings. The molecule has 0 aliphatic heterocycles. The van der Waals surface area contributed by atoms with E-state index in [9.17, 15) is 4.79 Å². The number of hydrogen-bond acceptors (Lipinski definition) is 2. The SMILES string of the molecule is CC.CNC1=C(C(C)C)C(=O)CC(C)(C)C1. The standard InChI is InChI=1S/C12H21NO.C2H6/c1-8(2)11-9(13-5)6-12(3,4)7-10(11)14;1-2/h8,13H,6-7H2,1-5H3;1-2H3. The summed E-state index contributed by atoms with van der Waals surface area (Å²) in [4.78, 5) is 11.9. The minimum atomic E-state index is 0.119. The van der Waals surface area contributed by atoms with Crippen LogP contribution in [0, 0.1) is 11.3 Å². The van der Waals surface area contributed by atoms with Gasteiger partial charge in [-0.2, -0.15) is 0 Å². The van der Waals surface area contributed by atoms with Crippen LogP contribution >= 0.6 is 0 Å². The largest absolute Gasteiger partial charge is 0.391 e. The summed E-state index contributed by atoms with van der Waals surface area (Å²) in [5.74, 6) is 0.654. The number of rotatable bonds is 2. The minimum Gasteiger partial charge on any atom is -0.391 e. The first-order valence-corrected chi connectivity index (χ1v) is 6.31. The maximum Gasteiger partial charge on any atom is 0.161 e. The molecule has 1 N–H and O–H groups in total. The van der Waals surface area contributed by atoms with Crippen LogP contribution in [-0.4, -0.2) is 12.8 Å². The third kappa shape index (κ3) is 3.66. The van der Waals surface area contributed by atoms with E-state index in [0.717, 1.165) is 17.7 Å². The van der Waals surface area contributed by atoms with Gasteiger partial charge in [-0.25, -0.2) is 0 Å². The van der Waals surface area contributed by atoms with Crippen LogP contribution in [-0.2, 0) is 4.79 Å². The van der Waals surface area contributed by atoms with Crippen LogP contribution in [0.4, 0.5) is 0 Å². The van der Waals surface area contributed by atoms with Crippen LogP contribution < -0.4 is 5.32 Å². The van der Waals surface area contributed by atoms with Gasteiger partial charge < -0.3 is 5.32 Å². The zero-order valence-corrected chi connectivity index (χ0v) is 11.9. The molecule has 0 heterocycles. The number of carbonyl (C=O) groups excluding carboxylic acids is 1. The fraction of sp³-hybridized carbons (Fsp3) is 0.786. The molecular weight excluding hydrogens is 198 g/mol. The molecule has 0 amide bonds. The Morgan fingerprint density at radius 2 is 1.69 bits per heavy atom. The molecule has 0 aromatic carbocycles. The van der Waals surface area contributed by atoms with E-state index >= 15 is 0 Å². The molecule has 0 saturated heterocycles. The van der Waals surface area contributed by atoms with Gasteiger partial charge >= 0.3 is 0 Å². The Labute approximate surface area is 101 Å². The van der Waals surface area contributed by atoms with Gasteiger partial charge in [-0.15, -0.1) is 0 Å². The van der Waals surface area contributed by atoms with Gasteiger partial charge in [-0.05, 0) is 17.8 Å². The van der Waals surface area contributed by atoms with E-state index in [1.165, 1.54) is 0 Å². The van der Waals surface area contributed by atoms with Crippen molar-refractivity contribution in [2.24, 2.45) is 11.3 Å². The van der Waals surface area contributed by atoms with Crippen molar-refractivity contribution in [2.45, 2.75) is 54.4 Å². The van der Waals surface area contributed by atoms with Crippen LogP contribution in [0.25, 0.3) is 0 Å². The van der Waals surface area contributed by atoms with Crippen LogP contribution in [0.3, 0.4) is 0 Å². The smallest absolute Gasteiger partial charge is 0.161 e. The zero-order chi connectivity index (χ0) is 12.9. The van der Waals surface area contributed by atoms with Gasteiger partial charge in [-0.1, -0.05) is 41.5 Å². The summed E-state index contributed by atoms with van der Waals surface area (Å²) in [6.07, 6.45) is 1.68. The Morgan fingerprint density at radius 3 is 2.06 bits per heavy atom. The summed E-state index contributed by atoms with van der Waals surface area (Å²) in [6, 6.07) is 0. The van der Waals surface area contributed by atoms with E-state index in [2.05, 4.69) is 33.0 Å². The molecule has 0 atom stereocenters. The lowest BCUT2D eigenvalue weighted by Crippen LogP contribution is -2.31. The highest BCUT2D eigenvalue weighted by molar-refractivity contribution is 5.97. The summed E-state index contributed by atoms with van der Waals surface area (Å²) in [7, 11) is 1.91. The number of carbonyl (C=O) groups is 1. The average Bonchev–Trinajstić information content (AvgIpc) is 2.17. The normalized spacial score (nSPS) is 19.4. The van der Waals surface area contributed by atoms with E-state index in [0.29, 0.717) is 18.1 Å². The maximum atomic E-state index is 11.9. The molecule has 16 heavy (non-hydrogen) atoms. The Hall–Kier alpha value is -0.790. The quantitative estimate of drug-likeness (QED) is 0.779. The summed E-state index contributed by atoms with van der Waals surface area (Å²) in [6.45, 7) is 12.5. The first kappa shape index (κ1) is 15.2. The van der Waals surface area contributed by atoms with Gasteiger partial charge in [0.15, 0.2) is 5.78 Å². The number of nitrogens with one attached hydrogen (secondary N) is 1. The van der Waals surface area contributed by atoms with Crippen molar-refractivity contribution in [1.29, 1.82) is 0 Å². The minimum absolute atomic E-state index is 0.119. The van der Waals surface area contributed by atoms with Crippen LogP contribution in [0.5, 0.6) is 0 Å². The molecule has 0 unspecified atom stereocenters. The average molecular weight is 225 g/mol. The molecule has 0 saturated carbocycles. The van der Waals surface area contributed by atoms with E-state index in [4.69, 9.17) is 0 Å². The number of allylic oxidation sites excluding steroid dienone is 2. The lowest BCUT2D eigenvalue weighted by Gasteiger charge is -2.33. The third-order valence-electron chi connectivity index (χ3n) is 2.80. The Balaban J connectivity index is 0.00000106. The number of Topliss-reactive ketones (excluding diaryl/α,β-unsaturated/α-hetero) is 1. The molecule has 0 aromatic heterocycles. The molecule has 0 spiro atoms. The van der Waals surface area contributed by atoms with Gasteiger partial charge in [0.25, 0.3) is 0 Å². The predicted octanol–water partition coefficient (Wildman–Crippen LogP) is 3.53. The molecular formula is C14H27NO. The van der Waals surface area contributed by atoms with Crippen molar-refractivity contribution >= 4 is 5.78 Å².